The van der Waals surface area contributed by atoms with Crippen LogP contribution in [0.3, 0.4) is 0 Å². The second kappa shape index (κ2) is 2.88. The number of fused-ring (bicyclic) bond motifs is 1. The molecule has 0 amide bonds. The maximum absolute atomic E-state index is 5.50. The van der Waals surface area contributed by atoms with Crippen molar-refractivity contribution in [1.82, 2.24) is 0 Å². The molecule has 0 radical (unpaired) electrons. The van der Waals surface area contributed by atoms with Crippen molar-refractivity contribution >= 4 is 5.76 Å². The molecule has 0 atom stereocenters. The highest BCUT2D eigenvalue weighted by atomic mass is 16.5. The minimum Gasteiger partial charge on any atom is -0.489 e. The Labute approximate surface area is 85.4 Å². The Balaban J connectivity index is 2.84. The maximum Gasteiger partial charge on any atom is 0.120 e. The second-order valence-electron chi connectivity index (χ2n) is 4.07. The van der Waals surface area contributed by atoms with E-state index in [0.717, 1.165) is 5.76 Å². The number of hydrogen-bond donors (Lipinski definition) is 0. The Bertz CT molecular complexity index is 428. The summed E-state index contributed by atoms with van der Waals surface area (Å²) in [4.78, 5) is 0. The first-order chi connectivity index (χ1) is 6.54. The van der Waals surface area contributed by atoms with Gasteiger partial charge in [0.15, 0.2) is 0 Å². The van der Waals surface area contributed by atoms with Gasteiger partial charge in [-0.3, -0.25) is 0 Å². The van der Waals surface area contributed by atoms with E-state index in [2.05, 4.69) is 34.3 Å². The molecule has 14 heavy (non-hydrogen) atoms. The summed E-state index contributed by atoms with van der Waals surface area (Å²) in [6.45, 7) is 13.3. The molecule has 1 heterocycles. The third kappa shape index (κ3) is 1.02. The van der Waals surface area contributed by atoms with Crippen molar-refractivity contribution in [2.75, 3.05) is 0 Å². The molecular formula is C13H16O. The quantitative estimate of drug-likeness (QED) is 0.606. The normalized spacial score (nSPS) is 14.1. The Morgan fingerprint density at radius 3 is 2.14 bits per heavy atom. The average Bonchev–Trinajstić information content (AvgIpc) is 2.54. The lowest BCUT2D eigenvalue weighted by Crippen LogP contribution is -1.99. The molecule has 1 aliphatic heterocycles. The summed E-state index contributed by atoms with van der Waals surface area (Å²) < 4.78 is 5.50. The summed E-state index contributed by atoms with van der Waals surface area (Å²) in [6, 6.07) is 0. The molecule has 0 aliphatic carbocycles. The zero-order valence-corrected chi connectivity index (χ0v) is 9.32. The summed E-state index contributed by atoms with van der Waals surface area (Å²) in [5.41, 5.74) is 8.01. The largest absolute Gasteiger partial charge is 0.489 e. The number of ether oxygens (including phenoxy) is 1. The SMILES string of the molecule is C=C1OCc2c(C)c(C)c(C)c(C)c21. The molecule has 0 saturated heterocycles. The molecule has 1 aromatic carbocycles. The molecule has 2 rings (SSSR count). The highest BCUT2D eigenvalue weighted by molar-refractivity contribution is 5.71. The van der Waals surface area contributed by atoms with Crippen LogP contribution in [-0.4, -0.2) is 0 Å². The van der Waals surface area contributed by atoms with E-state index in [0.29, 0.717) is 6.61 Å². The Morgan fingerprint density at radius 1 is 0.929 bits per heavy atom. The topological polar surface area (TPSA) is 9.23 Å². The lowest BCUT2D eigenvalue weighted by Gasteiger charge is -2.13. The minimum absolute atomic E-state index is 0.696. The number of rotatable bonds is 0. The van der Waals surface area contributed by atoms with Gasteiger partial charge in [-0.15, -0.1) is 0 Å². The van der Waals surface area contributed by atoms with Crippen molar-refractivity contribution in [1.29, 1.82) is 0 Å². The summed E-state index contributed by atoms with van der Waals surface area (Å²) in [5, 5.41) is 0. The average molecular weight is 188 g/mol. The fourth-order valence-electron chi connectivity index (χ4n) is 2.18. The predicted molar refractivity (Wildman–Crippen MR) is 59.2 cm³/mol. The van der Waals surface area contributed by atoms with E-state index in [-0.39, 0.29) is 0 Å². The molecule has 0 saturated carbocycles. The van der Waals surface area contributed by atoms with Gasteiger partial charge >= 0.3 is 0 Å². The summed E-state index contributed by atoms with van der Waals surface area (Å²) in [5.74, 6) is 0.837. The highest BCUT2D eigenvalue weighted by Crippen LogP contribution is 2.36. The fraction of sp³-hybridized carbons (Fsp3) is 0.385. The molecule has 0 unspecified atom stereocenters. The summed E-state index contributed by atoms with van der Waals surface area (Å²) in [6.07, 6.45) is 0. The van der Waals surface area contributed by atoms with Crippen molar-refractivity contribution < 1.29 is 4.74 Å². The van der Waals surface area contributed by atoms with Gasteiger partial charge in [0.2, 0.25) is 0 Å². The molecule has 0 spiro atoms. The molecule has 1 heteroatoms. The van der Waals surface area contributed by atoms with Crippen LogP contribution in [0.5, 0.6) is 0 Å². The molecule has 0 N–H and O–H groups in total. The summed E-state index contributed by atoms with van der Waals surface area (Å²) in [7, 11) is 0. The lowest BCUT2D eigenvalue weighted by atomic mass is 9.90. The van der Waals surface area contributed by atoms with E-state index >= 15 is 0 Å². The van der Waals surface area contributed by atoms with Crippen molar-refractivity contribution in [3.05, 3.63) is 40.0 Å². The second-order valence-corrected chi connectivity index (χ2v) is 4.07. The van der Waals surface area contributed by atoms with Gasteiger partial charge < -0.3 is 4.74 Å². The van der Waals surface area contributed by atoms with Gasteiger partial charge in [-0.1, -0.05) is 6.58 Å². The molecule has 1 aromatic rings. The zero-order valence-electron chi connectivity index (χ0n) is 9.32. The third-order valence-corrected chi connectivity index (χ3v) is 3.49. The zero-order chi connectivity index (χ0) is 10.5. The van der Waals surface area contributed by atoms with E-state index in [1.807, 2.05) is 0 Å². The van der Waals surface area contributed by atoms with Crippen LogP contribution in [0.25, 0.3) is 5.76 Å². The van der Waals surface area contributed by atoms with E-state index in [4.69, 9.17) is 4.74 Å². The van der Waals surface area contributed by atoms with E-state index in [1.165, 1.54) is 33.4 Å². The van der Waals surface area contributed by atoms with Crippen LogP contribution in [0.2, 0.25) is 0 Å². The van der Waals surface area contributed by atoms with Crippen molar-refractivity contribution in [3.8, 4) is 0 Å². The van der Waals surface area contributed by atoms with E-state index < -0.39 is 0 Å². The molecular weight excluding hydrogens is 172 g/mol. The Morgan fingerprint density at radius 2 is 1.50 bits per heavy atom. The molecule has 74 valence electrons. The van der Waals surface area contributed by atoms with Crippen LogP contribution in [0.4, 0.5) is 0 Å². The van der Waals surface area contributed by atoms with Crippen LogP contribution >= 0.6 is 0 Å². The standard InChI is InChI=1S/C13H16O/c1-7-8(2)10(4)13-11(5)14-6-12(13)9(7)3/h5-6H2,1-4H3. The van der Waals surface area contributed by atoms with Crippen LogP contribution < -0.4 is 0 Å². The molecule has 1 aliphatic rings. The molecule has 1 nitrogen and oxygen atoms in total. The molecule has 0 bridgehead atoms. The van der Waals surface area contributed by atoms with Gasteiger partial charge in [-0.25, -0.2) is 0 Å². The van der Waals surface area contributed by atoms with Crippen LogP contribution in [0.15, 0.2) is 6.58 Å². The smallest absolute Gasteiger partial charge is 0.120 e. The monoisotopic (exact) mass is 188 g/mol. The first-order valence-electron chi connectivity index (χ1n) is 4.95. The van der Waals surface area contributed by atoms with Crippen LogP contribution in [-0.2, 0) is 11.3 Å². The third-order valence-electron chi connectivity index (χ3n) is 3.49. The minimum atomic E-state index is 0.696. The maximum atomic E-state index is 5.50. The first-order valence-corrected chi connectivity index (χ1v) is 4.95. The van der Waals surface area contributed by atoms with Gasteiger partial charge in [-0.2, -0.15) is 0 Å². The molecule has 0 aromatic heterocycles. The fourth-order valence-corrected chi connectivity index (χ4v) is 2.18. The van der Waals surface area contributed by atoms with Crippen molar-refractivity contribution in [3.63, 3.8) is 0 Å². The Kier molecular flexibility index (Phi) is 1.91. The lowest BCUT2D eigenvalue weighted by molar-refractivity contribution is 0.286. The van der Waals surface area contributed by atoms with Gasteiger partial charge in [0.05, 0.1) is 0 Å². The van der Waals surface area contributed by atoms with Gasteiger partial charge in [0, 0.05) is 11.1 Å². The number of hydrogen-bond acceptors (Lipinski definition) is 1. The molecule has 0 fully saturated rings. The van der Waals surface area contributed by atoms with Gasteiger partial charge in [0.25, 0.3) is 0 Å². The highest BCUT2D eigenvalue weighted by Gasteiger charge is 2.23. The predicted octanol–water partition coefficient (Wildman–Crippen LogP) is 3.42. The van der Waals surface area contributed by atoms with Gasteiger partial charge in [-0.05, 0) is 49.9 Å². The van der Waals surface area contributed by atoms with Crippen LogP contribution in [0.1, 0.15) is 33.4 Å². The first kappa shape index (κ1) is 9.32. The van der Waals surface area contributed by atoms with Gasteiger partial charge in [0.1, 0.15) is 12.4 Å². The van der Waals surface area contributed by atoms with Crippen molar-refractivity contribution in [2.45, 2.75) is 34.3 Å². The van der Waals surface area contributed by atoms with Crippen molar-refractivity contribution in [2.24, 2.45) is 0 Å². The summed E-state index contributed by atoms with van der Waals surface area (Å²) >= 11 is 0. The van der Waals surface area contributed by atoms with E-state index in [1.54, 1.807) is 0 Å². The Hall–Kier alpha value is -1.24. The van der Waals surface area contributed by atoms with Crippen LogP contribution in [0, 0.1) is 27.7 Å². The number of benzene rings is 1. The van der Waals surface area contributed by atoms with E-state index in [9.17, 15) is 0 Å².